The van der Waals surface area contributed by atoms with E-state index in [0.29, 0.717) is 30.8 Å². The number of fused-ring (bicyclic) bond motifs is 1. The Morgan fingerprint density at radius 1 is 1.25 bits per heavy atom. The zero-order chi connectivity index (χ0) is 23.0. The van der Waals surface area contributed by atoms with Crippen molar-refractivity contribution in [2.45, 2.75) is 24.8 Å². The van der Waals surface area contributed by atoms with Crippen molar-refractivity contribution < 1.29 is 14.0 Å². The first-order valence-corrected chi connectivity index (χ1v) is 11.2. The first-order chi connectivity index (χ1) is 15.3. The minimum absolute atomic E-state index is 0.0444. The molecule has 5 nitrogen and oxygen atoms in total. The van der Waals surface area contributed by atoms with Gasteiger partial charge in [-0.3, -0.25) is 9.59 Å². The number of aryl methyl sites for hydroxylation is 1. The minimum atomic E-state index is -1.02. The van der Waals surface area contributed by atoms with E-state index in [-0.39, 0.29) is 34.0 Å². The second-order valence-corrected chi connectivity index (χ2v) is 9.13. The van der Waals surface area contributed by atoms with Crippen LogP contribution in [0.25, 0.3) is 0 Å². The number of amides is 2. The van der Waals surface area contributed by atoms with Crippen molar-refractivity contribution in [3.8, 4) is 0 Å². The lowest BCUT2D eigenvalue weighted by Crippen LogP contribution is -2.41. The number of hydrogen-bond donors (Lipinski definition) is 1. The summed E-state index contributed by atoms with van der Waals surface area (Å²) >= 11 is 12.7. The fourth-order valence-electron chi connectivity index (χ4n) is 4.62. The Balaban J connectivity index is 1.79. The molecule has 32 heavy (non-hydrogen) atoms. The average Bonchev–Trinajstić information content (AvgIpc) is 3.14. The number of rotatable bonds is 4. The second-order valence-electron chi connectivity index (χ2n) is 8.34. The van der Waals surface area contributed by atoms with Crippen LogP contribution < -0.4 is 5.32 Å². The lowest BCUT2D eigenvalue weighted by molar-refractivity contribution is -0.125. The molecule has 1 N–H and O–H groups in total. The van der Waals surface area contributed by atoms with Gasteiger partial charge in [-0.15, -0.1) is 0 Å². The molecule has 168 valence electrons. The largest absolute Gasteiger partial charge is 0.374 e. The first kappa shape index (κ1) is 22.6. The molecule has 0 spiro atoms. The van der Waals surface area contributed by atoms with Crippen LogP contribution in [0.15, 0.2) is 43.0 Å². The van der Waals surface area contributed by atoms with Crippen molar-refractivity contribution >= 4 is 40.7 Å². The molecule has 2 heterocycles. The van der Waals surface area contributed by atoms with Crippen molar-refractivity contribution in [2.75, 3.05) is 32.0 Å². The summed E-state index contributed by atoms with van der Waals surface area (Å²) in [6.45, 7) is 4.83. The Morgan fingerprint density at radius 3 is 2.78 bits per heavy atom. The van der Waals surface area contributed by atoms with E-state index in [4.69, 9.17) is 23.2 Å². The van der Waals surface area contributed by atoms with Gasteiger partial charge < -0.3 is 15.1 Å². The fraction of sp³-hybridized carbons (Fsp3) is 0.333. The number of nitrogens with one attached hydrogen (secondary N) is 1. The maximum absolute atomic E-state index is 15.1. The molecule has 0 unspecified atom stereocenters. The molecule has 1 fully saturated rings. The van der Waals surface area contributed by atoms with Crippen molar-refractivity contribution in [1.29, 1.82) is 0 Å². The summed E-state index contributed by atoms with van der Waals surface area (Å²) in [5.74, 6) is -0.798. The van der Waals surface area contributed by atoms with Gasteiger partial charge in [0.25, 0.3) is 5.91 Å². The van der Waals surface area contributed by atoms with Crippen molar-refractivity contribution in [1.82, 2.24) is 9.80 Å². The predicted molar refractivity (Wildman–Crippen MR) is 125 cm³/mol. The molecule has 2 aromatic rings. The summed E-state index contributed by atoms with van der Waals surface area (Å²) in [5.41, 5.74) is 1.46. The van der Waals surface area contributed by atoms with E-state index in [1.165, 1.54) is 18.2 Å². The van der Waals surface area contributed by atoms with Gasteiger partial charge in [-0.05, 0) is 55.2 Å². The van der Waals surface area contributed by atoms with Crippen LogP contribution >= 0.6 is 23.2 Å². The van der Waals surface area contributed by atoms with E-state index >= 15 is 4.39 Å². The Hall–Kier alpha value is -2.57. The van der Waals surface area contributed by atoms with E-state index in [1.54, 1.807) is 22.9 Å². The Bertz CT molecular complexity index is 1110. The standard InChI is InChI=1S/C24H24Cl2FN3O2/c1-3-20(31)30-12-10-24(14-30,21-19(27)9-8-18(25)22(21)26)28-16-7-6-15-5-4-11-29(2)23(32)17(15)13-16/h3,6-9,13,28H,1,4-5,10-12,14H2,2H3/t24-/m1/s1. The number of nitrogens with zero attached hydrogens (tertiary/aromatic N) is 2. The number of halogens is 3. The molecule has 0 bridgehead atoms. The average molecular weight is 476 g/mol. The normalized spacial score (nSPS) is 20.7. The van der Waals surface area contributed by atoms with E-state index in [0.717, 1.165) is 18.4 Å². The summed E-state index contributed by atoms with van der Waals surface area (Å²) in [4.78, 5) is 28.5. The third-order valence-corrected chi connectivity index (χ3v) is 7.09. The van der Waals surface area contributed by atoms with Crippen LogP contribution in [0.3, 0.4) is 0 Å². The van der Waals surface area contributed by atoms with Crippen LogP contribution in [0, 0.1) is 5.82 Å². The van der Waals surface area contributed by atoms with Crippen LogP contribution in [0.1, 0.15) is 34.3 Å². The van der Waals surface area contributed by atoms with Gasteiger partial charge in [0.05, 0.1) is 15.6 Å². The molecule has 8 heteroatoms. The maximum Gasteiger partial charge on any atom is 0.253 e. The topological polar surface area (TPSA) is 52.7 Å². The third kappa shape index (κ3) is 3.97. The molecular weight excluding hydrogens is 452 g/mol. The van der Waals surface area contributed by atoms with Crippen molar-refractivity contribution in [3.05, 3.63) is 75.5 Å². The van der Waals surface area contributed by atoms with Gasteiger partial charge in [0.15, 0.2) is 0 Å². The number of carbonyl (C=O) groups is 2. The highest BCUT2D eigenvalue weighted by molar-refractivity contribution is 6.42. The number of likely N-dealkylation sites (tertiary alicyclic amines) is 1. The van der Waals surface area contributed by atoms with E-state index < -0.39 is 11.4 Å². The molecule has 1 atom stereocenters. The molecule has 2 aliphatic heterocycles. The second kappa shape index (κ2) is 8.75. The highest BCUT2D eigenvalue weighted by Crippen LogP contribution is 2.43. The molecular formula is C24H24Cl2FN3O2. The number of carbonyl (C=O) groups excluding carboxylic acids is 2. The van der Waals surface area contributed by atoms with Crippen molar-refractivity contribution in [3.63, 3.8) is 0 Å². The van der Waals surface area contributed by atoms with Crippen LogP contribution in [0.5, 0.6) is 0 Å². The zero-order valence-corrected chi connectivity index (χ0v) is 19.3. The van der Waals surface area contributed by atoms with Crippen molar-refractivity contribution in [2.24, 2.45) is 0 Å². The number of hydrogen-bond acceptors (Lipinski definition) is 3. The highest BCUT2D eigenvalue weighted by Gasteiger charge is 2.44. The van der Waals surface area contributed by atoms with Gasteiger partial charge >= 0.3 is 0 Å². The van der Waals surface area contributed by atoms with Gasteiger partial charge in [0.2, 0.25) is 5.91 Å². The zero-order valence-electron chi connectivity index (χ0n) is 17.8. The van der Waals surface area contributed by atoms with Crippen LogP contribution in [0.2, 0.25) is 10.0 Å². The highest BCUT2D eigenvalue weighted by atomic mass is 35.5. The first-order valence-electron chi connectivity index (χ1n) is 10.5. The van der Waals surface area contributed by atoms with Crippen LogP contribution in [0.4, 0.5) is 10.1 Å². The molecule has 0 radical (unpaired) electrons. The molecule has 1 saturated heterocycles. The monoisotopic (exact) mass is 475 g/mol. The Morgan fingerprint density at radius 2 is 2.03 bits per heavy atom. The quantitative estimate of drug-likeness (QED) is 0.506. The van der Waals surface area contributed by atoms with E-state index in [1.807, 2.05) is 12.1 Å². The summed E-state index contributed by atoms with van der Waals surface area (Å²) in [6, 6.07) is 8.30. The molecule has 0 saturated carbocycles. The smallest absolute Gasteiger partial charge is 0.253 e. The molecule has 0 aliphatic carbocycles. The summed E-state index contributed by atoms with van der Waals surface area (Å²) in [5, 5.41) is 3.75. The predicted octanol–water partition coefficient (Wildman–Crippen LogP) is 4.88. The van der Waals surface area contributed by atoms with Gasteiger partial charge in [0.1, 0.15) is 5.82 Å². The Kier molecular flexibility index (Phi) is 6.19. The molecule has 2 aliphatic rings. The fourth-order valence-corrected chi connectivity index (χ4v) is 5.11. The SMILES string of the molecule is C=CC(=O)N1CC[C@](Nc2ccc3c(c2)C(=O)N(C)CCC3)(c2c(F)ccc(Cl)c2Cl)C1. The van der Waals surface area contributed by atoms with Gasteiger partial charge in [0, 0.05) is 43.5 Å². The third-order valence-electron chi connectivity index (χ3n) is 6.29. The van der Waals surface area contributed by atoms with Crippen LogP contribution in [-0.2, 0) is 16.8 Å². The lowest BCUT2D eigenvalue weighted by Gasteiger charge is -2.34. The lowest BCUT2D eigenvalue weighted by atomic mass is 9.87. The molecule has 0 aromatic heterocycles. The number of benzene rings is 2. The van der Waals surface area contributed by atoms with Gasteiger partial charge in [-0.25, -0.2) is 4.39 Å². The summed E-state index contributed by atoms with van der Waals surface area (Å²) < 4.78 is 15.1. The van der Waals surface area contributed by atoms with Gasteiger partial charge in [-0.2, -0.15) is 0 Å². The van der Waals surface area contributed by atoms with Crippen LogP contribution in [-0.4, -0.2) is 48.3 Å². The number of anilines is 1. The maximum atomic E-state index is 15.1. The van der Waals surface area contributed by atoms with Gasteiger partial charge in [-0.1, -0.05) is 35.8 Å². The van der Waals surface area contributed by atoms with E-state index in [2.05, 4.69) is 11.9 Å². The summed E-state index contributed by atoms with van der Waals surface area (Å²) in [6.07, 6.45) is 3.36. The molecule has 4 rings (SSSR count). The molecule has 2 aromatic carbocycles. The molecule has 2 amide bonds. The minimum Gasteiger partial charge on any atom is -0.374 e. The Labute approximate surface area is 196 Å². The summed E-state index contributed by atoms with van der Waals surface area (Å²) in [7, 11) is 1.79. The van der Waals surface area contributed by atoms with E-state index in [9.17, 15) is 9.59 Å².